The molecule has 2 aromatic carbocycles. The molecular weight excluding hydrogens is 245 g/mol. The van der Waals surface area contributed by atoms with Gasteiger partial charge in [-0.25, -0.2) is 4.39 Å². The Morgan fingerprint density at radius 1 is 1.05 bits per heavy atom. The number of rotatable bonds is 3. The Balaban J connectivity index is 2.12. The van der Waals surface area contributed by atoms with Crippen LogP contribution in [0.3, 0.4) is 0 Å². The lowest BCUT2D eigenvalue weighted by molar-refractivity contribution is -0.112. The van der Waals surface area contributed by atoms with Gasteiger partial charge in [-0.3, -0.25) is 9.59 Å². The molecule has 0 fully saturated rings. The highest BCUT2D eigenvalue weighted by Gasteiger charge is 2.16. The van der Waals surface area contributed by atoms with Gasteiger partial charge in [0, 0.05) is 11.3 Å². The van der Waals surface area contributed by atoms with E-state index in [9.17, 15) is 14.0 Å². The first-order valence-corrected chi connectivity index (χ1v) is 5.74. The molecule has 19 heavy (non-hydrogen) atoms. The number of hydrogen-bond acceptors (Lipinski definition) is 2. The molecule has 3 nitrogen and oxygen atoms in total. The molecular formula is C15H12FNO2. The zero-order valence-electron chi connectivity index (χ0n) is 10.3. The summed E-state index contributed by atoms with van der Waals surface area (Å²) in [6.45, 7) is 1.89. The third-order valence-electron chi connectivity index (χ3n) is 2.59. The van der Waals surface area contributed by atoms with E-state index in [4.69, 9.17) is 0 Å². The number of carbonyl (C=O) groups excluding carboxylic acids is 2. The summed E-state index contributed by atoms with van der Waals surface area (Å²) in [5, 5.41) is 2.51. The summed E-state index contributed by atoms with van der Waals surface area (Å²) in [7, 11) is 0. The summed E-state index contributed by atoms with van der Waals surface area (Å²) >= 11 is 0. The number of Topliss-reactive ketones (excluding diaryl/α,β-unsaturated/α-hetero) is 1. The largest absolute Gasteiger partial charge is 0.319 e. The van der Waals surface area contributed by atoms with E-state index in [1.807, 2.05) is 13.0 Å². The van der Waals surface area contributed by atoms with Gasteiger partial charge >= 0.3 is 0 Å². The Morgan fingerprint density at radius 3 is 2.37 bits per heavy atom. The molecule has 0 saturated heterocycles. The number of benzene rings is 2. The number of nitrogens with one attached hydrogen (secondary N) is 1. The van der Waals surface area contributed by atoms with Crippen LogP contribution in [0.4, 0.5) is 10.1 Å². The maximum atomic E-state index is 12.7. The van der Waals surface area contributed by atoms with Crippen molar-refractivity contribution in [1.29, 1.82) is 0 Å². The molecule has 0 aliphatic heterocycles. The molecule has 0 aliphatic rings. The molecule has 2 aromatic rings. The lowest BCUT2D eigenvalue weighted by atomic mass is 10.1. The van der Waals surface area contributed by atoms with Gasteiger partial charge in [0.25, 0.3) is 11.7 Å². The quantitative estimate of drug-likeness (QED) is 0.678. The molecule has 0 heterocycles. The lowest BCUT2D eigenvalue weighted by Crippen LogP contribution is -2.22. The number of hydrogen-bond donors (Lipinski definition) is 1. The van der Waals surface area contributed by atoms with Crippen molar-refractivity contribution in [1.82, 2.24) is 0 Å². The van der Waals surface area contributed by atoms with Gasteiger partial charge in [-0.1, -0.05) is 12.1 Å². The Hall–Kier alpha value is -2.49. The van der Waals surface area contributed by atoms with Gasteiger partial charge in [0.15, 0.2) is 0 Å². The van der Waals surface area contributed by atoms with Gasteiger partial charge in [0.1, 0.15) is 5.82 Å². The van der Waals surface area contributed by atoms with Crippen LogP contribution in [0.25, 0.3) is 0 Å². The fourth-order valence-corrected chi connectivity index (χ4v) is 1.64. The van der Waals surface area contributed by atoms with E-state index in [0.29, 0.717) is 5.69 Å². The summed E-state index contributed by atoms with van der Waals surface area (Å²) in [6.07, 6.45) is 0. The second-order valence-corrected chi connectivity index (χ2v) is 4.16. The third-order valence-corrected chi connectivity index (χ3v) is 2.59. The predicted octanol–water partition coefficient (Wildman–Crippen LogP) is 2.96. The Kier molecular flexibility index (Phi) is 3.71. The van der Waals surface area contributed by atoms with E-state index in [-0.39, 0.29) is 5.56 Å². The van der Waals surface area contributed by atoms with Crippen LogP contribution in [0.5, 0.6) is 0 Å². The minimum Gasteiger partial charge on any atom is -0.319 e. The van der Waals surface area contributed by atoms with Crippen LogP contribution < -0.4 is 5.32 Å². The molecule has 0 bridgehead atoms. The van der Waals surface area contributed by atoms with Crippen LogP contribution in [-0.2, 0) is 4.79 Å². The number of ketones is 1. The van der Waals surface area contributed by atoms with Gasteiger partial charge in [-0.05, 0) is 48.9 Å². The Morgan fingerprint density at radius 2 is 1.74 bits per heavy atom. The standard InChI is InChI=1S/C15H12FNO2/c1-10-3-2-4-13(9-10)17-15(19)14(18)11-5-7-12(16)8-6-11/h2-9H,1H3,(H,17,19). The SMILES string of the molecule is Cc1cccc(NC(=O)C(=O)c2ccc(F)cc2)c1. The maximum absolute atomic E-state index is 12.7. The van der Waals surface area contributed by atoms with E-state index < -0.39 is 17.5 Å². The highest BCUT2D eigenvalue weighted by molar-refractivity contribution is 6.46. The first-order valence-electron chi connectivity index (χ1n) is 5.74. The van der Waals surface area contributed by atoms with Crippen LogP contribution in [0.15, 0.2) is 48.5 Å². The molecule has 1 amide bonds. The van der Waals surface area contributed by atoms with Crippen molar-refractivity contribution in [3.05, 3.63) is 65.5 Å². The Bertz CT molecular complexity index is 620. The monoisotopic (exact) mass is 257 g/mol. The fraction of sp³-hybridized carbons (Fsp3) is 0.0667. The van der Waals surface area contributed by atoms with Crippen molar-refractivity contribution in [3.63, 3.8) is 0 Å². The predicted molar refractivity (Wildman–Crippen MR) is 70.5 cm³/mol. The third kappa shape index (κ3) is 3.25. The van der Waals surface area contributed by atoms with Gasteiger partial charge in [-0.2, -0.15) is 0 Å². The van der Waals surface area contributed by atoms with Crippen molar-refractivity contribution in [3.8, 4) is 0 Å². The molecule has 0 radical (unpaired) electrons. The molecule has 0 aliphatic carbocycles. The normalized spacial score (nSPS) is 10.0. The van der Waals surface area contributed by atoms with E-state index in [0.717, 1.165) is 17.7 Å². The number of anilines is 1. The van der Waals surface area contributed by atoms with Gasteiger partial charge < -0.3 is 5.32 Å². The van der Waals surface area contributed by atoms with Gasteiger partial charge in [0.2, 0.25) is 0 Å². The summed E-state index contributed by atoms with van der Waals surface area (Å²) in [4.78, 5) is 23.6. The average molecular weight is 257 g/mol. The highest BCUT2D eigenvalue weighted by atomic mass is 19.1. The molecule has 0 atom stereocenters. The topological polar surface area (TPSA) is 46.2 Å². The van der Waals surface area contributed by atoms with Crippen molar-refractivity contribution >= 4 is 17.4 Å². The van der Waals surface area contributed by atoms with Crippen LogP contribution in [0, 0.1) is 12.7 Å². The zero-order chi connectivity index (χ0) is 13.8. The summed E-state index contributed by atoms with van der Waals surface area (Å²) in [6, 6.07) is 12.0. The highest BCUT2D eigenvalue weighted by Crippen LogP contribution is 2.11. The van der Waals surface area contributed by atoms with Crippen LogP contribution in [-0.4, -0.2) is 11.7 Å². The van der Waals surface area contributed by atoms with Gasteiger partial charge in [0.05, 0.1) is 0 Å². The maximum Gasteiger partial charge on any atom is 0.296 e. The van der Waals surface area contributed by atoms with E-state index in [1.165, 1.54) is 12.1 Å². The number of halogens is 1. The van der Waals surface area contributed by atoms with Crippen molar-refractivity contribution in [2.24, 2.45) is 0 Å². The van der Waals surface area contributed by atoms with Gasteiger partial charge in [-0.15, -0.1) is 0 Å². The number of carbonyl (C=O) groups is 2. The first-order chi connectivity index (χ1) is 9.06. The molecule has 4 heteroatoms. The van der Waals surface area contributed by atoms with Crippen molar-refractivity contribution < 1.29 is 14.0 Å². The fourth-order valence-electron chi connectivity index (χ4n) is 1.64. The lowest BCUT2D eigenvalue weighted by Gasteiger charge is -2.05. The van der Waals surface area contributed by atoms with Crippen LogP contribution >= 0.6 is 0 Å². The molecule has 2 rings (SSSR count). The van der Waals surface area contributed by atoms with E-state index in [1.54, 1.807) is 18.2 Å². The Labute approximate surface area is 110 Å². The minimum atomic E-state index is -0.739. The smallest absolute Gasteiger partial charge is 0.296 e. The zero-order valence-corrected chi connectivity index (χ0v) is 10.3. The summed E-state index contributed by atoms with van der Waals surface area (Å²) in [5.74, 6) is -1.88. The summed E-state index contributed by atoms with van der Waals surface area (Å²) < 4.78 is 12.7. The van der Waals surface area contributed by atoms with Crippen LogP contribution in [0.1, 0.15) is 15.9 Å². The second kappa shape index (κ2) is 5.44. The molecule has 1 N–H and O–H groups in total. The average Bonchev–Trinajstić information content (AvgIpc) is 2.39. The van der Waals surface area contributed by atoms with E-state index in [2.05, 4.69) is 5.32 Å². The molecule has 0 unspecified atom stereocenters. The van der Waals surface area contributed by atoms with Crippen molar-refractivity contribution in [2.75, 3.05) is 5.32 Å². The second-order valence-electron chi connectivity index (χ2n) is 4.16. The number of aryl methyl sites for hydroxylation is 1. The summed E-state index contributed by atoms with van der Waals surface area (Å²) in [5.41, 5.74) is 1.69. The minimum absolute atomic E-state index is 0.159. The molecule has 0 spiro atoms. The van der Waals surface area contributed by atoms with E-state index >= 15 is 0 Å². The van der Waals surface area contributed by atoms with Crippen molar-refractivity contribution in [2.45, 2.75) is 6.92 Å². The number of amides is 1. The molecule has 0 aromatic heterocycles. The molecule has 96 valence electrons. The van der Waals surface area contributed by atoms with Crippen LogP contribution in [0.2, 0.25) is 0 Å². The molecule has 0 saturated carbocycles. The first kappa shape index (κ1) is 13.0.